The highest BCUT2D eigenvalue weighted by atomic mass is 16.5. The zero-order chi connectivity index (χ0) is 19.6. The van der Waals surface area contributed by atoms with Crippen molar-refractivity contribution >= 4 is 0 Å². The van der Waals surface area contributed by atoms with Crippen molar-refractivity contribution in [3.8, 4) is 5.75 Å². The molecule has 0 heterocycles. The zero-order valence-corrected chi connectivity index (χ0v) is 17.8. The number of aliphatic hydroxyl groups excluding tert-OH is 1. The van der Waals surface area contributed by atoms with Crippen molar-refractivity contribution in [3.63, 3.8) is 0 Å². The summed E-state index contributed by atoms with van der Waals surface area (Å²) in [5.41, 5.74) is 0. The molecule has 4 saturated carbocycles. The molecule has 8 atom stereocenters. The first-order chi connectivity index (χ1) is 14.3. The molecule has 3 heteroatoms. The van der Waals surface area contributed by atoms with Gasteiger partial charge in [0.05, 0.1) is 0 Å². The molecule has 0 amide bonds. The maximum absolute atomic E-state index is 10.4. The third-order valence-electron chi connectivity index (χ3n) is 9.00. The van der Waals surface area contributed by atoms with E-state index in [1.54, 1.807) is 0 Å². The molecule has 1 aromatic carbocycles. The van der Waals surface area contributed by atoms with E-state index in [9.17, 15) is 5.11 Å². The highest BCUT2D eigenvalue weighted by Gasteiger charge is 2.50. The van der Waals surface area contributed by atoms with E-state index < -0.39 is 6.10 Å². The number of para-hydroxylation sites is 1. The Bertz CT molecular complexity index is 649. The Morgan fingerprint density at radius 2 is 1.48 bits per heavy atom. The minimum atomic E-state index is -0.441. The van der Waals surface area contributed by atoms with Crippen LogP contribution in [0.15, 0.2) is 30.3 Å². The second-order valence-corrected chi connectivity index (χ2v) is 10.4. The molecule has 0 bridgehead atoms. The number of ether oxygens (including phenoxy) is 1. The van der Waals surface area contributed by atoms with Crippen molar-refractivity contribution in [1.29, 1.82) is 0 Å². The molecule has 0 aliphatic heterocycles. The SMILES string of the molecule is O[C@H](CN[C@H]1CC[C@H]2[C@H]3CC[C@H]4CCCC[C@@H]4[C@@H]3CC[C@@H]21)COc1ccccc1. The lowest BCUT2D eigenvalue weighted by molar-refractivity contribution is -0.0223. The molecule has 4 aliphatic carbocycles. The van der Waals surface area contributed by atoms with E-state index in [0.29, 0.717) is 19.2 Å². The van der Waals surface area contributed by atoms with Crippen LogP contribution in [0.1, 0.15) is 64.2 Å². The van der Waals surface area contributed by atoms with Gasteiger partial charge in [-0.25, -0.2) is 0 Å². The molecule has 5 rings (SSSR count). The van der Waals surface area contributed by atoms with Crippen LogP contribution in [0.3, 0.4) is 0 Å². The van der Waals surface area contributed by atoms with Crippen LogP contribution in [-0.4, -0.2) is 30.4 Å². The molecule has 0 spiro atoms. The van der Waals surface area contributed by atoms with E-state index in [4.69, 9.17) is 4.74 Å². The van der Waals surface area contributed by atoms with E-state index in [-0.39, 0.29) is 0 Å². The molecule has 4 fully saturated rings. The zero-order valence-electron chi connectivity index (χ0n) is 17.8. The third kappa shape index (κ3) is 4.23. The van der Waals surface area contributed by atoms with Crippen molar-refractivity contribution in [2.45, 2.75) is 76.4 Å². The highest BCUT2D eigenvalue weighted by Crippen LogP contribution is 2.57. The summed E-state index contributed by atoms with van der Waals surface area (Å²) in [5.74, 6) is 6.81. The summed E-state index contributed by atoms with van der Waals surface area (Å²) in [6.07, 6.45) is 14.2. The molecule has 0 radical (unpaired) electrons. The van der Waals surface area contributed by atoms with Gasteiger partial charge in [0.25, 0.3) is 0 Å². The first kappa shape index (κ1) is 19.9. The summed E-state index contributed by atoms with van der Waals surface area (Å²) < 4.78 is 5.72. The normalized spacial score (nSPS) is 39.8. The first-order valence-corrected chi connectivity index (χ1v) is 12.4. The Hall–Kier alpha value is -1.06. The van der Waals surface area contributed by atoms with Crippen LogP contribution in [0.4, 0.5) is 0 Å². The van der Waals surface area contributed by atoms with Gasteiger partial charge in [0.15, 0.2) is 0 Å². The average molecular weight is 398 g/mol. The standard InChI is InChI=1S/C26H39NO2/c28-19(17-29-20-7-2-1-3-8-20)16-27-26-15-14-24-23-11-10-18-6-4-5-9-21(18)22(23)12-13-25(24)26/h1-3,7-8,18-19,21-28H,4-6,9-17H2/t18-,19-,21+,22+,23+,24+,25+,26+/m1/s1. The number of fused-ring (bicyclic) bond motifs is 5. The van der Waals surface area contributed by atoms with E-state index in [1.165, 1.54) is 64.2 Å². The molecule has 4 aliphatic rings. The summed E-state index contributed by atoms with van der Waals surface area (Å²) in [4.78, 5) is 0. The van der Waals surface area contributed by atoms with Crippen LogP contribution < -0.4 is 10.1 Å². The van der Waals surface area contributed by atoms with Crippen molar-refractivity contribution in [3.05, 3.63) is 30.3 Å². The Balaban J connectivity index is 1.12. The Morgan fingerprint density at radius 1 is 0.793 bits per heavy atom. The van der Waals surface area contributed by atoms with E-state index in [0.717, 1.165) is 41.3 Å². The topological polar surface area (TPSA) is 41.5 Å². The molecule has 0 aromatic heterocycles. The van der Waals surface area contributed by atoms with Gasteiger partial charge >= 0.3 is 0 Å². The van der Waals surface area contributed by atoms with Gasteiger partial charge in [0.1, 0.15) is 18.5 Å². The van der Waals surface area contributed by atoms with Gasteiger partial charge in [0, 0.05) is 12.6 Å². The fourth-order valence-corrected chi connectivity index (χ4v) is 7.80. The molecule has 1 aromatic rings. The van der Waals surface area contributed by atoms with Crippen molar-refractivity contribution < 1.29 is 9.84 Å². The van der Waals surface area contributed by atoms with Crippen molar-refractivity contribution in [2.75, 3.05) is 13.2 Å². The summed E-state index contributed by atoms with van der Waals surface area (Å²) >= 11 is 0. The second kappa shape index (κ2) is 8.98. The van der Waals surface area contributed by atoms with Crippen molar-refractivity contribution in [2.24, 2.45) is 35.5 Å². The maximum atomic E-state index is 10.4. The van der Waals surface area contributed by atoms with Gasteiger partial charge in [-0.15, -0.1) is 0 Å². The minimum absolute atomic E-state index is 0.367. The van der Waals surface area contributed by atoms with Gasteiger partial charge < -0.3 is 15.2 Å². The van der Waals surface area contributed by atoms with Gasteiger partial charge in [-0.3, -0.25) is 0 Å². The summed E-state index contributed by atoms with van der Waals surface area (Å²) in [5, 5.41) is 14.1. The molecule has 0 unspecified atom stereocenters. The number of hydrogen-bond acceptors (Lipinski definition) is 3. The summed E-state index contributed by atoms with van der Waals surface area (Å²) in [6.45, 7) is 1.02. The fourth-order valence-electron chi connectivity index (χ4n) is 7.80. The van der Waals surface area contributed by atoms with Crippen LogP contribution in [0.2, 0.25) is 0 Å². The highest BCUT2D eigenvalue weighted by molar-refractivity contribution is 5.20. The molecule has 0 saturated heterocycles. The third-order valence-corrected chi connectivity index (χ3v) is 9.00. The predicted molar refractivity (Wildman–Crippen MR) is 117 cm³/mol. The number of rotatable bonds is 6. The van der Waals surface area contributed by atoms with E-state index in [2.05, 4.69) is 5.32 Å². The lowest BCUT2D eigenvalue weighted by Crippen LogP contribution is -2.47. The van der Waals surface area contributed by atoms with Gasteiger partial charge in [0.2, 0.25) is 0 Å². The van der Waals surface area contributed by atoms with Crippen LogP contribution in [0.5, 0.6) is 5.75 Å². The molecular weight excluding hydrogens is 358 g/mol. The fraction of sp³-hybridized carbons (Fsp3) is 0.769. The number of benzene rings is 1. The molecular formula is C26H39NO2. The van der Waals surface area contributed by atoms with E-state index >= 15 is 0 Å². The number of aliphatic hydroxyl groups is 1. The first-order valence-electron chi connectivity index (χ1n) is 12.4. The van der Waals surface area contributed by atoms with Gasteiger partial charge in [-0.05, 0) is 92.6 Å². The smallest absolute Gasteiger partial charge is 0.119 e. The molecule has 2 N–H and O–H groups in total. The Labute approximate surface area is 176 Å². The van der Waals surface area contributed by atoms with Crippen LogP contribution in [-0.2, 0) is 0 Å². The van der Waals surface area contributed by atoms with Crippen LogP contribution >= 0.6 is 0 Å². The van der Waals surface area contributed by atoms with Crippen LogP contribution in [0.25, 0.3) is 0 Å². The Kier molecular flexibility index (Phi) is 6.15. The van der Waals surface area contributed by atoms with Gasteiger partial charge in [-0.2, -0.15) is 0 Å². The quantitative estimate of drug-likeness (QED) is 0.707. The predicted octanol–water partition coefficient (Wildman–Crippen LogP) is 5.04. The largest absolute Gasteiger partial charge is 0.491 e. The lowest BCUT2D eigenvalue weighted by atomic mass is 9.53. The molecule has 29 heavy (non-hydrogen) atoms. The number of nitrogens with one attached hydrogen (secondary N) is 1. The average Bonchev–Trinajstić information content (AvgIpc) is 3.20. The number of hydrogen-bond donors (Lipinski definition) is 2. The second-order valence-electron chi connectivity index (χ2n) is 10.4. The van der Waals surface area contributed by atoms with Crippen molar-refractivity contribution in [1.82, 2.24) is 5.32 Å². The molecule has 160 valence electrons. The monoisotopic (exact) mass is 397 g/mol. The van der Waals surface area contributed by atoms with E-state index in [1.807, 2.05) is 30.3 Å². The van der Waals surface area contributed by atoms with Gasteiger partial charge in [-0.1, -0.05) is 37.5 Å². The lowest BCUT2D eigenvalue weighted by Gasteiger charge is -2.52. The summed E-state index contributed by atoms with van der Waals surface area (Å²) in [7, 11) is 0. The molecule has 3 nitrogen and oxygen atoms in total. The Morgan fingerprint density at radius 3 is 2.38 bits per heavy atom. The summed E-state index contributed by atoms with van der Waals surface area (Å²) in [6, 6.07) is 10.4. The maximum Gasteiger partial charge on any atom is 0.119 e. The minimum Gasteiger partial charge on any atom is -0.491 e. The van der Waals surface area contributed by atoms with Crippen LogP contribution in [0, 0.1) is 35.5 Å².